The van der Waals surface area contributed by atoms with Crippen LogP contribution < -0.4 is 5.43 Å². The van der Waals surface area contributed by atoms with Gasteiger partial charge in [-0.1, -0.05) is 35.9 Å². The van der Waals surface area contributed by atoms with Gasteiger partial charge in [-0.25, -0.2) is 9.82 Å². The number of benzene rings is 2. The first kappa shape index (κ1) is 19.5. The second-order valence-electron chi connectivity index (χ2n) is 6.52. The van der Waals surface area contributed by atoms with Crippen molar-refractivity contribution in [2.75, 3.05) is 32.7 Å². The lowest BCUT2D eigenvalue weighted by molar-refractivity contribution is -0.122. The Bertz CT molecular complexity index is 772. The van der Waals surface area contributed by atoms with E-state index in [2.05, 4.69) is 20.3 Å². The summed E-state index contributed by atoms with van der Waals surface area (Å²) in [4.78, 5) is 16.5. The second-order valence-corrected chi connectivity index (χ2v) is 6.96. The quantitative estimate of drug-likeness (QED) is 0.611. The predicted molar refractivity (Wildman–Crippen MR) is 105 cm³/mol. The topological polar surface area (TPSA) is 47.9 Å². The SMILES string of the molecule is O=C(CN1CCN(Cc2ccc(Cl)cc2)CC1)N/N=C/c1ccc(F)cc1. The lowest BCUT2D eigenvalue weighted by atomic mass is 10.2. The fraction of sp³-hybridized carbons (Fsp3) is 0.300. The third-order valence-electron chi connectivity index (χ3n) is 4.42. The van der Waals surface area contributed by atoms with E-state index < -0.39 is 0 Å². The molecule has 0 radical (unpaired) electrons. The summed E-state index contributed by atoms with van der Waals surface area (Å²) in [6.45, 7) is 4.70. The minimum atomic E-state index is -0.300. The van der Waals surface area contributed by atoms with Gasteiger partial charge in [0.25, 0.3) is 5.91 Å². The molecule has 27 heavy (non-hydrogen) atoms. The molecule has 1 aliphatic rings. The fourth-order valence-electron chi connectivity index (χ4n) is 2.92. The van der Waals surface area contributed by atoms with E-state index in [0.717, 1.165) is 43.3 Å². The Hall–Kier alpha value is -2.28. The molecule has 2 aromatic carbocycles. The number of carbonyl (C=O) groups is 1. The van der Waals surface area contributed by atoms with E-state index in [1.807, 2.05) is 24.3 Å². The fourth-order valence-corrected chi connectivity index (χ4v) is 3.05. The summed E-state index contributed by atoms with van der Waals surface area (Å²) >= 11 is 5.92. The molecular weight excluding hydrogens is 367 g/mol. The second kappa shape index (κ2) is 9.60. The van der Waals surface area contributed by atoms with Crippen LogP contribution in [0.15, 0.2) is 53.6 Å². The molecule has 142 valence electrons. The number of rotatable bonds is 6. The van der Waals surface area contributed by atoms with Gasteiger partial charge >= 0.3 is 0 Å². The Labute approximate surface area is 163 Å². The lowest BCUT2D eigenvalue weighted by Crippen LogP contribution is -2.48. The zero-order valence-electron chi connectivity index (χ0n) is 14.9. The van der Waals surface area contributed by atoms with Crippen LogP contribution in [0.25, 0.3) is 0 Å². The van der Waals surface area contributed by atoms with Crippen LogP contribution in [0.1, 0.15) is 11.1 Å². The summed E-state index contributed by atoms with van der Waals surface area (Å²) in [5, 5.41) is 4.67. The standard InChI is InChI=1S/C20H22ClFN4O/c21-18-5-1-17(2-6-18)14-25-9-11-26(12-10-25)15-20(27)24-23-13-16-3-7-19(22)8-4-16/h1-8,13H,9-12,14-15H2,(H,24,27)/b23-13+. The summed E-state index contributed by atoms with van der Waals surface area (Å²) in [6, 6.07) is 13.8. The van der Waals surface area contributed by atoms with Gasteiger partial charge < -0.3 is 0 Å². The normalized spacial score (nSPS) is 15.9. The first-order valence-corrected chi connectivity index (χ1v) is 9.23. The van der Waals surface area contributed by atoms with Crippen LogP contribution in [0.4, 0.5) is 4.39 Å². The maximum atomic E-state index is 12.8. The van der Waals surface area contributed by atoms with E-state index in [-0.39, 0.29) is 11.7 Å². The minimum absolute atomic E-state index is 0.153. The van der Waals surface area contributed by atoms with Crippen LogP contribution in [-0.2, 0) is 11.3 Å². The average molecular weight is 389 g/mol. The molecule has 1 aliphatic heterocycles. The Kier molecular flexibility index (Phi) is 6.92. The van der Waals surface area contributed by atoms with Gasteiger partial charge in [0.1, 0.15) is 5.82 Å². The Morgan fingerprint density at radius 3 is 2.33 bits per heavy atom. The van der Waals surface area contributed by atoms with Gasteiger partial charge in [-0.3, -0.25) is 14.6 Å². The van der Waals surface area contributed by atoms with Crippen molar-refractivity contribution in [3.63, 3.8) is 0 Å². The molecule has 7 heteroatoms. The van der Waals surface area contributed by atoms with Gasteiger partial charge in [0, 0.05) is 37.7 Å². The van der Waals surface area contributed by atoms with Gasteiger partial charge in [0.15, 0.2) is 0 Å². The highest BCUT2D eigenvalue weighted by Gasteiger charge is 2.18. The smallest absolute Gasteiger partial charge is 0.254 e. The Balaban J connectivity index is 1.37. The van der Waals surface area contributed by atoms with Crippen molar-refractivity contribution in [2.45, 2.75) is 6.54 Å². The van der Waals surface area contributed by atoms with E-state index in [4.69, 9.17) is 11.6 Å². The van der Waals surface area contributed by atoms with Gasteiger partial charge in [-0.15, -0.1) is 0 Å². The van der Waals surface area contributed by atoms with Crippen molar-refractivity contribution in [3.05, 3.63) is 70.5 Å². The minimum Gasteiger partial charge on any atom is -0.297 e. The van der Waals surface area contributed by atoms with Crippen molar-refractivity contribution in [1.82, 2.24) is 15.2 Å². The van der Waals surface area contributed by atoms with Crippen molar-refractivity contribution in [3.8, 4) is 0 Å². The molecule has 0 aliphatic carbocycles. The van der Waals surface area contributed by atoms with E-state index in [0.29, 0.717) is 6.54 Å². The molecule has 1 fully saturated rings. The van der Waals surface area contributed by atoms with Crippen LogP contribution in [0.3, 0.4) is 0 Å². The number of hydrogen-bond acceptors (Lipinski definition) is 4. The van der Waals surface area contributed by atoms with Crippen molar-refractivity contribution in [2.24, 2.45) is 5.10 Å². The van der Waals surface area contributed by atoms with Gasteiger partial charge in [0.2, 0.25) is 0 Å². The van der Waals surface area contributed by atoms with Gasteiger partial charge in [-0.05, 0) is 35.4 Å². The summed E-state index contributed by atoms with van der Waals surface area (Å²) in [5.41, 5.74) is 4.48. The number of piperazine rings is 1. The van der Waals surface area contributed by atoms with Crippen LogP contribution in [-0.4, -0.2) is 54.6 Å². The molecule has 0 unspecified atom stereocenters. The molecule has 2 aromatic rings. The zero-order valence-corrected chi connectivity index (χ0v) is 15.7. The van der Waals surface area contributed by atoms with Crippen LogP contribution in [0.2, 0.25) is 5.02 Å². The Morgan fingerprint density at radius 2 is 1.67 bits per heavy atom. The lowest BCUT2D eigenvalue weighted by Gasteiger charge is -2.34. The third kappa shape index (κ3) is 6.43. The number of carbonyl (C=O) groups excluding carboxylic acids is 1. The molecule has 0 aromatic heterocycles. The van der Waals surface area contributed by atoms with Crippen molar-refractivity contribution < 1.29 is 9.18 Å². The Morgan fingerprint density at radius 1 is 1.04 bits per heavy atom. The summed E-state index contributed by atoms with van der Waals surface area (Å²) in [7, 11) is 0. The maximum absolute atomic E-state index is 12.8. The summed E-state index contributed by atoms with van der Waals surface area (Å²) < 4.78 is 12.8. The molecule has 5 nitrogen and oxygen atoms in total. The first-order valence-electron chi connectivity index (χ1n) is 8.85. The molecule has 0 spiro atoms. The zero-order chi connectivity index (χ0) is 19.1. The van der Waals surface area contributed by atoms with Crippen molar-refractivity contribution in [1.29, 1.82) is 0 Å². The summed E-state index contributed by atoms with van der Waals surface area (Å²) in [6.07, 6.45) is 1.50. The largest absolute Gasteiger partial charge is 0.297 e. The molecule has 1 N–H and O–H groups in total. The van der Waals surface area contributed by atoms with Crippen molar-refractivity contribution >= 4 is 23.7 Å². The third-order valence-corrected chi connectivity index (χ3v) is 4.68. The highest BCUT2D eigenvalue weighted by molar-refractivity contribution is 6.30. The molecule has 0 atom stereocenters. The number of nitrogens with one attached hydrogen (secondary N) is 1. The van der Waals surface area contributed by atoms with Gasteiger partial charge in [-0.2, -0.15) is 5.10 Å². The average Bonchev–Trinajstić information content (AvgIpc) is 2.67. The van der Waals surface area contributed by atoms with Gasteiger partial charge in [0.05, 0.1) is 12.8 Å². The number of hydrogen-bond donors (Lipinski definition) is 1. The molecule has 0 bridgehead atoms. The molecule has 1 amide bonds. The number of amides is 1. The van der Waals surface area contributed by atoms with E-state index in [9.17, 15) is 9.18 Å². The maximum Gasteiger partial charge on any atom is 0.254 e. The molecule has 1 saturated heterocycles. The highest BCUT2D eigenvalue weighted by Crippen LogP contribution is 2.12. The summed E-state index contributed by atoms with van der Waals surface area (Å²) in [5.74, 6) is -0.453. The first-order chi connectivity index (χ1) is 13.1. The van der Waals surface area contributed by atoms with Crippen LogP contribution in [0, 0.1) is 5.82 Å². The molecular formula is C20H22ClFN4O. The van der Waals surface area contributed by atoms with E-state index in [1.165, 1.54) is 23.9 Å². The van der Waals surface area contributed by atoms with Crippen LogP contribution >= 0.6 is 11.6 Å². The predicted octanol–water partition coefficient (Wildman–Crippen LogP) is 2.75. The molecule has 0 saturated carbocycles. The number of halogens is 2. The van der Waals surface area contributed by atoms with E-state index >= 15 is 0 Å². The molecule has 1 heterocycles. The number of hydrazone groups is 1. The van der Waals surface area contributed by atoms with Crippen LogP contribution in [0.5, 0.6) is 0 Å². The monoisotopic (exact) mass is 388 g/mol. The molecule has 3 rings (SSSR count). The highest BCUT2D eigenvalue weighted by atomic mass is 35.5. The van der Waals surface area contributed by atoms with E-state index in [1.54, 1.807) is 12.1 Å². The number of nitrogens with zero attached hydrogens (tertiary/aromatic N) is 3.